The Hall–Kier alpha value is -3.82. The monoisotopic (exact) mass is 526 g/mol. The predicted molar refractivity (Wildman–Crippen MR) is 143 cm³/mol. The molecule has 1 aromatic heterocycles. The summed E-state index contributed by atoms with van der Waals surface area (Å²) >= 11 is 0. The van der Waals surface area contributed by atoms with Gasteiger partial charge in [-0.2, -0.15) is 0 Å². The molecule has 206 valence electrons. The van der Waals surface area contributed by atoms with Crippen LogP contribution in [0.15, 0.2) is 42.6 Å². The number of nitrogens with one attached hydrogen (secondary N) is 3. The minimum absolute atomic E-state index is 0.113. The van der Waals surface area contributed by atoms with Gasteiger partial charge in [0, 0.05) is 30.2 Å². The van der Waals surface area contributed by atoms with Gasteiger partial charge >= 0.3 is 12.1 Å². The standard InChI is InChI=1S/C28H38N4O6/c1-28(2,3)38-27(36)29-15-9-7-12-21-25(34)31-22(26(35)37-4)13-8-10-16-32-18-19(17-24(33)30-21)20-11-5-6-14-23(20)32/h5-6,8,10-11,14,18,21-22H,7,9,12-13,15-17H2,1-4H3,(H,29,36)(H,30,33)(H,31,34)/b10-8-/t21-,22+/m0/s1. The molecule has 3 N–H and O–H groups in total. The van der Waals surface area contributed by atoms with E-state index >= 15 is 0 Å². The molecule has 10 heteroatoms. The van der Waals surface area contributed by atoms with Gasteiger partial charge in [0.15, 0.2) is 0 Å². The SMILES string of the molecule is COC(=O)[C@H]1C/C=C\Cn2cc(c3ccccc32)CC(=O)N[C@@H](CCCCNC(=O)OC(C)(C)C)C(=O)N1. The number of esters is 1. The highest BCUT2D eigenvalue weighted by Crippen LogP contribution is 2.22. The Bertz CT molecular complexity index is 1180. The number of unbranched alkanes of at least 4 members (excludes halogenated alkanes) is 1. The molecular formula is C28H38N4O6. The van der Waals surface area contributed by atoms with Crippen molar-refractivity contribution in [1.29, 1.82) is 0 Å². The second kappa shape index (κ2) is 13.1. The van der Waals surface area contributed by atoms with Crippen LogP contribution >= 0.6 is 0 Å². The average molecular weight is 527 g/mol. The molecule has 0 radical (unpaired) electrons. The van der Waals surface area contributed by atoms with Gasteiger partial charge in [0.25, 0.3) is 0 Å². The summed E-state index contributed by atoms with van der Waals surface area (Å²) in [7, 11) is 1.27. The minimum Gasteiger partial charge on any atom is -0.467 e. The smallest absolute Gasteiger partial charge is 0.407 e. The Labute approximate surface area is 223 Å². The van der Waals surface area contributed by atoms with Gasteiger partial charge in [-0.1, -0.05) is 30.4 Å². The molecule has 0 fully saturated rings. The molecule has 3 amide bonds. The van der Waals surface area contributed by atoms with Gasteiger partial charge in [0.2, 0.25) is 11.8 Å². The Kier molecular flexibility index (Phi) is 9.92. The van der Waals surface area contributed by atoms with E-state index in [0.29, 0.717) is 32.4 Å². The van der Waals surface area contributed by atoms with E-state index in [4.69, 9.17) is 9.47 Å². The van der Waals surface area contributed by atoms with Crippen molar-refractivity contribution < 1.29 is 28.7 Å². The number of aromatic nitrogens is 1. The van der Waals surface area contributed by atoms with Crippen LogP contribution in [0.5, 0.6) is 0 Å². The lowest BCUT2D eigenvalue weighted by Crippen LogP contribution is -2.52. The molecule has 0 aliphatic carbocycles. The van der Waals surface area contributed by atoms with E-state index in [1.54, 1.807) is 20.8 Å². The Morgan fingerprint density at radius 2 is 1.87 bits per heavy atom. The van der Waals surface area contributed by atoms with Crippen LogP contribution in [-0.4, -0.2) is 59.8 Å². The van der Waals surface area contributed by atoms with Crippen molar-refractivity contribution in [2.24, 2.45) is 0 Å². The quantitative estimate of drug-likeness (QED) is 0.302. The second-order valence-electron chi connectivity index (χ2n) is 10.3. The Morgan fingerprint density at radius 3 is 2.61 bits per heavy atom. The number of amides is 3. The molecule has 1 aliphatic rings. The van der Waals surface area contributed by atoms with Crippen molar-refractivity contribution in [2.45, 2.75) is 77.1 Å². The number of hydrogen-bond donors (Lipinski definition) is 3. The van der Waals surface area contributed by atoms with E-state index in [9.17, 15) is 19.2 Å². The molecule has 0 saturated carbocycles. The maximum absolute atomic E-state index is 13.2. The molecule has 10 nitrogen and oxygen atoms in total. The third-order valence-corrected chi connectivity index (χ3v) is 6.10. The molecule has 2 heterocycles. The van der Waals surface area contributed by atoms with Crippen LogP contribution < -0.4 is 16.0 Å². The number of benzene rings is 1. The van der Waals surface area contributed by atoms with Crippen LogP contribution in [0.4, 0.5) is 4.79 Å². The second-order valence-corrected chi connectivity index (χ2v) is 10.3. The van der Waals surface area contributed by atoms with Gasteiger partial charge in [0.05, 0.1) is 13.5 Å². The van der Waals surface area contributed by atoms with Gasteiger partial charge in [-0.3, -0.25) is 9.59 Å². The first-order chi connectivity index (χ1) is 18.1. The highest BCUT2D eigenvalue weighted by molar-refractivity contribution is 5.93. The number of rotatable bonds is 6. The molecule has 2 aromatic rings. The van der Waals surface area contributed by atoms with E-state index in [1.165, 1.54) is 7.11 Å². The molecule has 0 spiro atoms. The summed E-state index contributed by atoms with van der Waals surface area (Å²) in [5.74, 6) is -1.31. The largest absolute Gasteiger partial charge is 0.467 e. The van der Waals surface area contributed by atoms with Crippen LogP contribution in [0.1, 0.15) is 52.0 Å². The van der Waals surface area contributed by atoms with E-state index in [-0.39, 0.29) is 18.7 Å². The number of ether oxygens (including phenoxy) is 2. The summed E-state index contributed by atoms with van der Waals surface area (Å²) in [5.41, 5.74) is 1.29. The maximum Gasteiger partial charge on any atom is 0.407 e. The van der Waals surface area contributed by atoms with Crippen LogP contribution in [0.3, 0.4) is 0 Å². The van der Waals surface area contributed by atoms with Crippen molar-refractivity contribution in [2.75, 3.05) is 13.7 Å². The Morgan fingerprint density at radius 1 is 1.11 bits per heavy atom. The summed E-state index contributed by atoms with van der Waals surface area (Å²) < 4.78 is 12.2. The van der Waals surface area contributed by atoms with E-state index in [0.717, 1.165) is 16.5 Å². The number of methoxy groups -OCH3 is 1. The van der Waals surface area contributed by atoms with Gasteiger partial charge in [0.1, 0.15) is 17.7 Å². The van der Waals surface area contributed by atoms with Gasteiger partial charge in [-0.25, -0.2) is 9.59 Å². The number of allylic oxidation sites excluding steroid dienone is 1. The summed E-state index contributed by atoms with van der Waals surface area (Å²) in [6.45, 7) is 6.29. The summed E-state index contributed by atoms with van der Waals surface area (Å²) in [6, 6.07) is 6.13. The molecular weight excluding hydrogens is 488 g/mol. The zero-order valence-electron chi connectivity index (χ0n) is 22.5. The van der Waals surface area contributed by atoms with Gasteiger partial charge in [-0.15, -0.1) is 0 Å². The number of carbonyl (C=O) groups excluding carboxylic acids is 4. The average Bonchev–Trinajstić information content (AvgIpc) is 3.19. The fourth-order valence-electron chi connectivity index (χ4n) is 4.33. The minimum atomic E-state index is -0.878. The fourth-order valence-corrected chi connectivity index (χ4v) is 4.33. The Balaban J connectivity index is 1.73. The number of nitrogens with zero attached hydrogens (tertiary/aromatic N) is 1. The summed E-state index contributed by atoms with van der Waals surface area (Å²) in [5, 5.41) is 9.26. The first kappa shape index (κ1) is 28.7. The third-order valence-electron chi connectivity index (χ3n) is 6.10. The number of alkyl carbamates (subject to hydrolysis) is 1. The van der Waals surface area contributed by atoms with Crippen LogP contribution in [0, 0.1) is 0 Å². The van der Waals surface area contributed by atoms with Crippen LogP contribution in [-0.2, 0) is 36.8 Å². The predicted octanol–water partition coefficient (Wildman–Crippen LogP) is 2.98. The van der Waals surface area contributed by atoms with Gasteiger partial charge < -0.3 is 30.0 Å². The van der Waals surface area contributed by atoms with E-state index < -0.39 is 35.7 Å². The lowest BCUT2D eigenvalue weighted by molar-refractivity contribution is -0.145. The van der Waals surface area contributed by atoms with Gasteiger partial charge in [-0.05, 0) is 58.1 Å². The van der Waals surface area contributed by atoms with E-state index in [2.05, 4.69) is 20.5 Å². The molecule has 1 aromatic carbocycles. The molecule has 2 bridgehead atoms. The molecule has 0 unspecified atom stereocenters. The van der Waals surface area contributed by atoms with Crippen molar-refractivity contribution in [1.82, 2.24) is 20.5 Å². The van der Waals surface area contributed by atoms with Crippen molar-refractivity contribution in [3.8, 4) is 0 Å². The topological polar surface area (TPSA) is 128 Å². The third kappa shape index (κ3) is 8.36. The number of hydrogen-bond acceptors (Lipinski definition) is 6. The number of carbonyl (C=O) groups is 4. The molecule has 1 aliphatic heterocycles. The normalized spacial score (nSPS) is 19.6. The lowest BCUT2D eigenvalue weighted by atomic mass is 10.1. The van der Waals surface area contributed by atoms with Crippen molar-refractivity contribution >= 4 is 34.8 Å². The molecule has 0 saturated heterocycles. The first-order valence-electron chi connectivity index (χ1n) is 12.9. The zero-order chi connectivity index (χ0) is 27.7. The van der Waals surface area contributed by atoms with Crippen molar-refractivity contribution in [3.05, 3.63) is 48.2 Å². The fraction of sp³-hybridized carbons (Fsp3) is 0.500. The summed E-state index contributed by atoms with van der Waals surface area (Å²) in [4.78, 5) is 50.4. The molecule has 38 heavy (non-hydrogen) atoms. The molecule has 3 rings (SSSR count). The zero-order valence-corrected chi connectivity index (χ0v) is 22.5. The highest BCUT2D eigenvalue weighted by Gasteiger charge is 2.27. The molecule has 2 atom stereocenters. The summed E-state index contributed by atoms with van der Waals surface area (Å²) in [6.07, 6.45) is 7.05. The van der Waals surface area contributed by atoms with E-state index in [1.807, 2.05) is 42.6 Å². The maximum atomic E-state index is 13.2. The lowest BCUT2D eigenvalue weighted by Gasteiger charge is -2.22. The number of para-hydroxylation sites is 1. The number of fused-ring (bicyclic) bond motifs is 5. The van der Waals surface area contributed by atoms with Crippen molar-refractivity contribution in [3.63, 3.8) is 0 Å². The van der Waals surface area contributed by atoms with Crippen LogP contribution in [0.2, 0.25) is 0 Å². The van der Waals surface area contributed by atoms with Crippen LogP contribution in [0.25, 0.3) is 10.9 Å². The first-order valence-corrected chi connectivity index (χ1v) is 12.9. The highest BCUT2D eigenvalue weighted by atomic mass is 16.6.